The third-order valence-corrected chi connectivity index (χ3v) is 2.88. The molecule has 0 aromatic carbocycles. The maximum Gasteiger partial charge on any atom is 0.225 e. The molecule has 0 N–H and O–H groups in total. The zero-order chi connectivity index (χ0) is 14.9. The van der Waals surface area contributed by atoms with E-state index in [2.05, 4.69) is 32.1 Å². The van der Waals surface area contributed by atoms with Gasteiger partial charge in [-0.2, -0.15) is 0 Å². The van der Waals surface area contributed by atoms with Crippen molar-refractivity contribution in [3.63, 3.8) is 0 Å². The summed E-state index contributed by atoms with van der Waals surface area (Å²) < 4.78 is 4.25. The third kappa shape index (κ3) is 8.29. The van der Waals surface area contributed by atoms with E-state index in [0.29, 0.717) is 5.92 Å². The van der Waals surface area contributed by atoms with Crippen LogP contribution in [-0.4, -0.2) is 38.1 Å². The summed E-state index contributed by atoms with van der Waals surface area (Å²) in [6, 6.07) is 0.245. The number of hydrogen-bond donors (Lipinski definition) is 0. The minimum absolute atomic E-state index is 0.0739. The Hall–Kier alpha value is -0.830. The number of methoxy groups -OCH3 is 1. The minimum Gasteiger partial charge on any atom is -0.388 e. The summed E-state index contributed by atoms with van der Waals surface area (Å²) in [6.07, 6.45) is 0.895. The van der Waals surface area contributed by atoms with E-state index in [1.807, 2.05) is 25.8 Å². The van der Waals surface area contributed by atoms with Crippen LogP contribution in [0, 0.1) is 11.8 Å². The number of carbonyl (C=O) groups excluding carboxylic acids is 1. The van der Waals surface area contributed by atoms with Crippen molar-refractivity contribution in [3.05, 3.63) is 12.2 Å². The van der Waals surface area contributed by atoms with Crippen LogP contribution in [0.4, 0.5) is 0 Å². The number of rotatable bonds is 5. The van der Waals surface area contributed by atoms with Crippen LogP contribution in [0.1, 0.15) is 41.0 Å². The second-order valence-electron chi connectivity index (χ2n) is 5.38. The molecule has 0 saturated carbocycles. The van der Waals surface area contributed by atoms with Crippen LogP contribution >= 0.6 is 0 Å². The zero-order valence-corrected chi connectivity index (χ0v) is 13.4. The lowest BCUT2D eigenvalue weighted by atomic mass is 9.97. The molecule has 0 aromatic rings. The molecule has 3 heteroatoms. The fraction of sp³-hybridized carbons (Fsp3) is 0.800. The van der Waals surface area contributed by atoms with Crippen molar-refractivity contribution in [1.82, 2.24) is 4.90 Å². The van der Waals surface area contributed by atoms with Gasteiger partial charge in [-0.1, -0.05) is 39.8 Å². The lowest BCUT2D eigenvalue weighted by Crippen LogP contribution is -2.38. The average molecular weight is 257 g/mol. The fourth-order valence-electron chi connectivity index (χ4n) is 1.38. The van der Waals surface area contributed by atoms with Gasteiger partial charge in [0.15, 0.2) is 0 Å². The Bertz CT molecular complexity index is 247. The average Bonchev–Trinajstić information content (AvgIpc) is 2.27. The number of ether oxygens (including phenoxy) is 1. The maximum atomic E-state index is 11.7. The second kappa shape index (κ2) is 10.1. The number of nitrogens with zero attached hydrogens (tertiary/aromatic N) is 1. The summed E-state index contributed by atoms with van der Waals surface area (Å²) in [4.78, 5) is 13.6. The predicted octanol–water partition coefficient (Wildman–Crippen LogP) is 3.35. The molecule has 1 amide bonds. The van der Waals surface area contributed by atoms with Gasteiger partial charge in [0.25, 0.3) is 0 Å². The highest BCUT2D eigenvalue weighted by Gasteiger charge is 2.19. The first kappa shape index (κ1) is 19.5. The van der Waals surface area contributed by atoms with Gasteiger partial charge in [0.2, 0.25) is 5.91 Å². The van der Waals surface area contributed by atoms with E-state index in [1.54, 1.807) is 14.2 Å². The smallest absolute Gasteiger partial charge is 0.225 e. The van der Waals surface area contributed by atoms with Gasteiger partial charge in [-0.25, -0.2) is 0 Å². The summed E-state index contributed by atoms with van der Waals surface area (Å²) in [5.74, 6) is 0.777. The van der Waals surface area contributed by atoms with E-state index in [-0.39, 0.29) is 17.9 Å². The molecule has 0 aliphatic heterocycles. The van der Waals surface area contributed by atoms with E-state index in [0.717, 1.165) is 6.42 Å². The molecule has 0 heterocycles. The highest BCUT2D eigenvalue weighted by Crippen LogP contribution is 2.17. The largest absolute Gasteiger partial charge is 0.388 e. The highest BCUT2D eigenvalue weighted by atomic mass is 16.4. The molecule has 18 heavy (non-hydrogen) atoms. The highest BCUT2D eigenvalue weighted by molar-refractivity contribution is 5.78. The first-order chi connectivity index (χ1) is 8.18. The molecular formula is C15H31NO2. The molecular weight excluding hydrogens is 226 g/mol. The van der Waals surface area contributed by atoms with Crippen LogP contribution in [0.5, 0.6) is 0 Å². The zero-order valence-electron chi connectivity index (χ0n) is 13.4. The fourth-order valence-corrected chi connectivity index (χ4v) is 1.38. The topological polar surface area (TPSA) is 29.5 Å². The molecule has 0 radical (unpaired) electrons. The summed E-state index contributed by atoms with van der Waals surface area (Å²) in [7, 11) is 5.13. The molecule has 0 saturated heterocycles. The minimum atomic E-state index is 0.0739. The molecule has 1 unspecified atom stereocenters. The van der Waals surface area contributed by atoms with Crippen molar-refractivity contribution < 1.29 is 9.53 Å². The molecule has 0 aliphatic carbocycles. The molecule has 0 aliphatic rings. The van der Waals surface area contributed by atoms with Crippen molar-refractivity contribution >= 4 is 5.91 Å². The summed E-state index contributed by atoms with van der Waals surface area (Å²) >= 11 is 0. The quantitative estimate of drug-likeness (QED) is 0.707. The van der Waals surface area contributed by atoms with Gasteiger partial charge in [0.1, 0.15) is 0 Å². The number of amides is 1. The van der Waals surface area contributed by atoms with Crippen LogP contribution < -0.4 is 0 Å². The van der Waals surface area contributed by atoms with Crippen molar-refractivity contribution in [2.75, 3.05) is 21.3 Å². The van der Waals surface area contributed by atoms with Crippen molar-refractivity contribution in [2.24, 2.45) is 11.8 Å². The van der Waals surface area contributed by atoms with E-state index >= 15 is 0 Å². The first-order valence-corrected chi connectivity index (χ1v) is 6.53. The van der Waals surface area contributed by atoms with Crippen molar-refractivity contribution in [2.45, 2.75) is 47.1 Å². The van der Waals surface area contributed by atoms with Crippen LogP contribution in [0.2, 0.25) is 0 Å². The number of hydrogen-bond acceptors (Lipinski definition) is 2. The van der Waals surface area contributed by atoms with E-state index < -0.39 is 0 Å². The lowest BCUT2D eigenvalue weighted by Gasteiger charge is -2.28. The van der Waals surface area contributed by atoms with E-state index in [4.69, 9.17) is 0 Å². The molecule has 0 rings (SSSR count). The standard InChI is InChI=1S/C13H25NO.C2H6O/c1-9(2)11(5)8-12(6)14(7)13(15)10(3)4;1-3-2/h9-10,12H,5,8H2,1-4,6-7H3;1-2H3. The van der Waals surface area contributed by atoms with Crippen LogP contribution in [0.3, 0.4) is 0 Å². The van der Waals surface area contributed by atoms with Crippen molar-refractivity contribution in [1.29, 1.82) is 0 Å². The van der Waals surface area contributed by atoms with Crippen LogP contribution in [-0.2, 0) is 9.53 Å². The lowest BCUT2D eigenvalue weighted by molar-refractivity contribution is -0.134. The predicted molar refractivity (Wildman–Crippen MR) is 78.6 cm³/mol. The van der Waals surface area contributed by atoms with Crippen LogP contribution in [0.25, 0.3) is 0 Å². The summed E-state index contributed by atoms with van der Waals surface area (Å²) in [5, 5.41) is 0. The maximum absolute atomic E-state index is 11.7. The Kier molecular flexibility index (Phi) is 11.0. The van der Waals surface area contributed by atoms with E-state index in [1.165, 1.54) is 5.57 Å². The summed E-state index contributed by atoms with van der Waals surface area (Å²) in [6.45, 7) is 14.3. The van der Waals surface area contributed by atoms with Gasteiger partial charge >= 0.3 is 0 Å². The molecule has 1 atom stereocenters. The normalized spacial score (nSPS) is 11.9. The van der Waals surface area contributed by atoms with Gasteiger partial charge in [-0.15, -0.1) is 0 Å². The Morgan fingerprint density at radius 2 is 1.50 bits per heavy atom. The van der Waals surface area contributed by atoms with Crippen LogP contribution in [0.15, 0.2) is 12.2 Å². The first-order valence-electron chi connectivity index (χ1n) is 6.53. The molecule has 0 bridgehead atoms. The van der Waals surface area contributed by atoms with Gasteiger partial charge in [-0.05, 0) is 19.3 Å². The third-order valence-electron chi connectivity index (χ3n) is 2.88. The Labute approximate surface area is 113 Å². The van der Waals surface area contributed by atoms with Gasteiger partial charge in [0, 0.05) is 33.2 Å². The SMILES string of the molecule is C=C(CC(C)N(C)C(=O)C(C)C)C(C)C.COC. The molecule has 3 nitrogen and oxygen atoms in total. The second-order valence-corrected chi connectivity index (χ2v) is 5.38. The van der Waals surface area contributed by atoms with Crippen molar-refractivity contribution in [3.8, 4) is 0 Å². The van der Waals surface area contributed by atoms with Gasteiger partial charge in [0.05, 0.1) is 0 Å². The molecule has 0 fully saturated rings. The van der Waals surface area contributed by atoms with E-state index in [9.17, 15) is 4.79 Å². The Balaban J connectivity index is 0. The summed E-state index contributed by atoms with van der Waals surface area (Å²) in [5.41, 5.74) is 1.21. The number of carbonyl (C=O) groups is 1. The monoisotopic (exact) mass is 257 g/mol. The molecule has 108 valence electrons. The van der Waals surface area contributed by atoms with Gasteiger partial charge < -0.3 is 9.64 Å². The van der Waals surface area contributed by atoms with Gasteiger partial charge in [-0.3, -0.25) is 4.79 Å². The molecule has 0 aromatic heterocycles. The Morgan fingerprint density at radius 1 is 1.11 bits per heavy atom. The molecule has 0 spiro atoms. The Morgan fingerprint density at radius 3 is 1.78 bits per heavy atom.